The van der Waals surface area contributed by atoms with E-state index in [2.05, 4.69) is 32.6 Å². The topological polar surface area (TPSA) is 59.1 Å². The molecule has 0 unspecified atom stereocenters. The Morgan fingerprint density at radius 1 is 0.935 bits per heavy atom. The molecule has 1 aliphatic carbocycles. The molecule has 31 heavy (non-hydrogen) atoms. The predicted octanol–water partition coefficient (Wildman–Crippen LogP) is 4.65. The van der Waals surface area contributed by atoms with Gasteiger partial charge >= 0.3 is 0 Å². The van der Waals surface area contributed by atoms with Crippen molar-refractivity contribution in [2.24, 2.45) is 0 Å². The van der Waals surface area contributed by atoms with E-state index in [9.17, 15) is 9.59 Å². The number of Topliss-reactive ketones (excluding diaryl/α,β-unsaturated/α-hetero) is 2. The number of nitrogens with zero attached hydrogens (tertiary/aromatic N) is 2. The van der Waals surface area contributed by atoms with Crippen LogP contribution in [0.2, 0.25) is 0 Å². The Kier molecular flexibility index (Phi) is 9.54. The van der Waals surface area contributed by atoms with Gasteiger partial charge in [-0.05, 0) is 68.4 Å². The van der Waals surface area contributed by atoms with Crippen molar-refractivity contribution in [1.82, 2.24) is 9.80 Å². The van der Waals surface area contributed by atoms with Gasteiger partial charge in [0.25, 0.3) is 0 Å². The van der Waals surface area contributed by atoms with Crippen molar-refractivity contribution < 1.29 is 19.1 Å². The Bertz CT molecular complexity index is 758. The molecule has 0 aromatic carbocycles. The molecule has 7 heteroatoms. The molecule has 0 saturated carbocycles. The fourth-order valence-corrected chi connectivity index (χ4v) is 4.60. The second-order valence-corrected chi connectivity index (χ2v) is 9.28. The van der Waals surface area contributed by atoms with Gasteiger partial charge in [-0.3, -0.25) is 9.59 Å². The Hall–Kier alpha value is -1.63. The first kappa shape index (κ1) is 27.4. The van der Waals surface area contributed by atoms with Crippen LogP contribution in [-0.2, 0) is 19.1 Å². The summed E-state index contributed by atoms with van der Waals surface area (Å²) in [5.74, 6) is -2.30. The third kappa shape index (κ3) is 5.24. The molecule has 1 rings (SSSR count). The molecular weight excluding hydrogens is 416 g/mol. The van der Waals surface area contributed by atoms with E-state index in [4.69, 9.17) is 21.1 Å². The van der Waals surface area contributed by atoms with Crippen LogP contribution in [0.3, 0.4) is 0 Å². The molecule has 0 amide bonds. The van der Waals surface area contributed by atoms with Crippen LogP contribution in [0, 0.1) is 0 Å². The van der Waals surface area contributed by atoms with Gasteiger partial charge in [-0.1, -0.05) is 11.6 Å². The average Bonchev–Trinajstić information content (AvgIpc) is 2.86. The zero-order valence-electron chi connectivity index (χ0n) is 20.9. The molecular formula is C24H39ClN2O4. The van der Waals surface area contributed by atoms with Gasteiger partial charge in [-0.2, -0.15) is 0 Å². The fourth-order valence-electron chi connectivity index (χ4n) is 4.28. The van der Waals surface area contributed by atoms with Crippen LogP contribution in [0.4, 0.5) is 0 Å². The molecule has 1 aliphatic rings. The summed E-state index contributed by atoms with van der Waals surface area (Å²) in [5, 5.41) is 0.0119. The molecule has 0 aliphatic heterocycles. The largest absolute Gasteiger partial charge is 0.373 e. The molecule has 0 spiro atoms. The molecule has 0 aromatic rings. The molecule has 0 heterocycles. The summed E-state index contributed by atoms with van der Waals surface area (Å²) in [5.41, 5.74) is 0.765. The standard InChI is InChI=1S/C24H39ClN2O4/c1-14(2)26(15(3)4)13-12-19(18(9)28)20-22(29)21(25)23(24(20,30-10)31-11)27(16(5)6)17(7)8/h12-17H,1-11H3/b13-12+,20-19-. The van der Waals surface area contributed by atoms with Crippen molar-refractivity contribution in [1.29, 1.82) is 0 Å². The molecule has 0 atom stereocenters. The zero-order chi connectivity index (χ0) is 24.3. The van der Waals surface area contributed by atoms with Crippen LogP contribution in [0.5, 0.6) is 0 Å². The van der Waals surface area contributed by atoms with E-state index in [1.807, 2.05) is 38.8 Å². The first-order valence-corrected chi connectivity index (χ1v) is 11.2. The first-order valence-electron chi connectivity index (χ1n) is 10.8. The van der Waals surface area contributed by atoms with E-state index in [1.165, 1.54) is 21.1 Å². The molecule has 0 radical (unpaired) electrons. The highest BCUT2D eigenvalue weighted by Gasteiger charge is 2.55. The van der Waals surface area contributed by atoms with Crippen molar-refractivity contribution in [3.05, 3.63) is 34.2 Å². The SMILES string of the molecule is COC1(OC)C(N(C(C)C)C(C)C)=C(Cl)C(=O)/C1=C(\C=C\N(C(C)C)C(C)C)C(C)=O. The molecule has 0 aromatic heterocycles. The summed E-state index contributed by atoms with van der Waals surface area (Å²) in [7, 11) is 2.92. The van der Waals surface area contributed by atoms with Crippen LogP contribution in [0.25, 0.3) is 0 Å². The van der Waals surface area contributed by atoms with E-state index >= 15 is 0 Å². The van der Waals surface area contributed by atoms with E-state index in [-0.39, 0.29) is 46.1 Å². The number of ketones is 2. The highest BCUT2D eigenvalue weighted by atomic mass is 35.5. The average molecular weight is 455 g/mol. The van der Waals surface area contributed by atoms with Gasteiger partial charge in [-0.25, -0.2) is 0 Å². The van der Waals surface area contributed by atoms with E-state index in [0.717, 1.165) is 0 Å². The minimum atomic E-state index is -1.57. The normalized spacial score (nSPS) is 18.4. The van der Waals surface area contributed by atoms with Gasteiger partial charge in [0.15, 0.2) is 5.78 Å². The lowest BCUT2D eigenvalue weighted by Crippen LogP contribution is -2.48. The number of halogens is 1. The number of allylic oxidation sites excluding steroid dienone is 3. The third-order valence-corrected chi connectivity index (χ3v) is 5.83. The molecule has 0 bridgehead atoms. The molecule has 0 fully saturated rings. The van der Waals surface area contributed by atoms with Crippen LogP contribution in [-0.4, -0.2) is 65.5 Å². The Morgan fingerprint density at radius 3 is 1.71 bits per heavy atom. The summed E-state index contributed by atoms with van der Waals surface area (Å²) in [6.45, 7) is 17.7. The number of hydrogen-bond acceptors (Lipinski definition) is 6. The number of carbonyl (C=O) groups excluding carboxylic acids is 2. The molecule has 0 N–H and O–H groups in total. The van der Waals surface area contributed by atoms with Crippen LogP contribution < -0.4 is 0 Å². The number of ether oxygens (including phenoxy) is 2. The maximum Gasteiger partial charge on any atom is 0.243 e. The summed E-state index contributed by atoms with van der Waals surface area (Å²) in [6.07, 6.45) is 3.52. The maximum absolute atomic E-state index is 13.4. The van der Waals surface area contributed by atoms with Crippen molar-refractivity contribution in [3.63, 3.8) is 0 Å². The quantitative estimate of drug-likeness (QED) is 0.354. The smallest absolute Gasteiger partial charge is 0.243 e. The van der Waals surface area contributed by atoms with Gasteiger partial charge in [0, 0.05) is 50.2 Å². The number of methoxy groups -OCH3 is 2. The van der Waals surface area contributed by atoms with Crippen LogP contribution in [0.15, 0.2) is 34.2 Å². The summed E-state index contributed by atoms with van der Waals surface area (Å²) in [6, 6.07) is 0.486. The Morgan fingerprint density at radius 2 is 1.39 bits per heavy atom. The minimum Gasteiger partial charge on any atom is -0.373 e. The minimum absolute atomic E-state index is 0.0119. The van der Waals surface area contributed by atoms with E-state index in [1.54, 1.807) is 6.08 Å². The van der Waals surface area contributed by atoms with Crippen molar-refractivity contribution in [2.75, 3.05) is 14.2 Å². The Labute approximate surface area is 192 Å². The number of carbonyl (C=O) groups is 2. The molecule has 0 saturated heterocycles. The van der Waals surface area contributed by atoms with Gasteiger partial charge < -0.3 is 19.3 Å². The van der Waals surface area contributed by atoms with Gasteiger partial charge in [0.05, 0.1) is 5.57 Å². The first-order chi connectivity index (χ1) is 14.3. The monoisotopic (exact) mass is 454 g/mol. The third-order valence-electron chi connectivity index (χ3n) is 5.48. The lowest BCUT2D eigenvalue weighted by Gasteiger charge is -2.41. The van der Waals surface area contributed by atoms with Crippen LogP contribution in [0.1, 0.15) is 62.3 Å². The van der Waals surface area contributed by atoms with Crippen LogP contribution >= 0.6 is 11.6 Å². The summed E-state index contributed by atoms with van der Waals surface area (Å²) >= 11 is 6.61. The van der Waals surface area contributed by atoms with E-state index < -0.39 is 11.6 Å². The predicted molar refractivity (Wildman–Crippen MR) is 126 cm³/mol. The van der Waals surface area contributed by atoms with Gasteiger partial charge in [0.1, 0.15) is 10.7 Å². The van der Waals surface area contributed by atoms with Crippen molar-refractivity contribution >= 4 is 23.2 Å². The van der Waals surface area contributed by atoms with Crippen molar-refractivity contribution in [2.45, 2.75) is 92.3 Å². The van der Waals surface area contributed by atoms with E-state index in [0.29, 0.717) is 5.70 Å². The highest BCUT2D eigenvalue weighted by Crippen LogP contribution is 2.47. The molecule has 6 nitrogen and oxygen atoms in total. The zero-order valence-corrected chi connectivity index (χ0v) is 21.6. The highest BCUT2D eigenvalue weighted by molar-refractivity contribution is 6.47. The van der Waals surface area contributed by atoms with Crippen molar-refractivity contribution in [3.8, 4) is 0 Å². The summed E-state index contributed by atoms with van der Waals surface area (Å²) < 4.78 is 11.7. The second-order valence-electron chi connectivity index (χ2n) is 8.91. The maximum atomic E-state index is 13.4. The lowest BCUT2D eigenvalue weighted by atomic mass is 9.95. The number of hydrogen-bond donors (Lipinski definition) is 0. The Balaban J connectivity index is 3.87. The molecule has 176 valence electrons. The van der Waals surface area contributed by atoms with Gasteiger partial charge in [0.2, 0.25) is 11.6 Å². The fraction of sp³-hybridized carbons (Fsp3) is 0.667. The lowest BCUT2D eigenvalue weighted by molar-refractivity contribution is -0.165. The summed E-state index contributed by atoms with van der Waals surface area (Å²) in [4.78, 5) is 30.3. The van der Waals surface area contributed by atoms with Gasteiger partial charge in [-0.15, -0.1) is 0 Å². The number of rotatable bonds is 10. The second kappa shape index (κ2) is 10.8.